The van der Waals surface area contributed by atoms with Crippen LogP contribution in [0.25, 0.3) is 10.2 Å². The number of hydrogen-bond acceptors (Lipinski definition) is 6. The molecular weight excluding hydrogens is 415 g/mol. The number of likely N-dealkylation sites (tertiary alicyclic amines) is 1. The summed E-state index contributed by atoms with van der Waals surface area (Å²) in [5, 5.41) is 0.948. The number of hydrogen-bond donors (Lipinski definition) is 0. The highest BCUT2D eigenvalue weighted by atomic mass is 32.1. The average molecular weight is 441 g/mol. The van der Waals surface area contributed by atoms with Crippen molar-refractivity contribution in [2.24, 2.45) is 0 Å². The van der Waals surface area contributed by atoms with Crippen molar-refractivity contribution in [1.82, 2.24) is 19.8 Å². The Labute approximate surface area is 184 Å². The van der Waals surface area contributed by atoms with Crippen LogP contribution in [-0.2, 0) is 24.4 Å². The number of amides is 1. The van der Waals surface area contributed by atoms with E-state index >= 15 is 0 Å². The molecule has 4 heterocycles. The average Bonchev–Trinajstić information content (AvgIpc) is 3.38. The van der Waals surface area contributed by atoms with Crippen LogP contribution in [0.15, 0.2) is 24.4 Å². The van der Waals surface area contributed by atoms with E-state index in [2.05, 4.69) is 21.8 Å². The molecule has 2 atom stereocenters. The first-order chi connectivity index (χ1) is 14.9. The lowest BCUT2D eigenvalue weighted by Crippen LogP contribution is -2.28. The monoisotopic (exact) mass is 440 g/mol. The van der Waals surface area contributed by atoms with Crippen LogP contribution in [0.5, 0.6) is 5.75 Å². The SMILES string of the molecule is CC(=O)N1Cc2cc(OC3C[C@H](C)N(Cc4cc5nc(C)sc5cc4F)C3)cnc2C1. The van der Waals surface area contributed by atoms with Gasteiger partial charge in [-0.2, -0.15) is 0 Å². The summed E-state index contributed by atoms with van der Waals surface area (Å²) in [5.41, 5.74) is 3.52. The Bertz CT molecular complexity index is 1160. The molecule has 2 aromatic heterocycles. The van der Waals surface area contributed by atoms with Gasteiger partial charge in [0.2, 0.25) is 5.91 Å². The van der Waals surface area contributed by atoms with Crippen molar-refractivity contribution >= 4 is 27.5 Å². The van der Waals surface area contributed by atoms with E-state index in [1.807, 2.05) is 19.1 Å². The first-order valence-corrected chi connectivity index (χ1v) is 11.4. The van der Waals surface area contributed by atoms with Crippen LogP contribution in [0.4, 0.5) is 4.39 Å². The lowest BCUT2D eigenvalue weighted by atomic mass is 10.1. The zero-order chi connectivity index (χ0) is 21.7. The minimum absolute atomic E-state index is 0.0217. The summed E-state index contributed by atoms with van der Waals surface area (Å²) in [7, 11) is 0. The maximum Gasteiger partial charge on any atom is 0.220 e. The van der Waals surface area contributed by atoms with Gasteiger partial charge in [0.25, 0.3) is 0 Å². The van der Waals surface area contributed by atoms with E-state index in [0.717, 1.165) is 45.2 Å². The minimum atomic E-state index is -0.175. The second-order valence-electron chi connectivity index (χ2n) is 8.55. The van der Waals surface area contributed by atoms with Gasteiger partial charge in [-0.1, -0.05) is 0 Å². The fraction of sp³-hybridized carbons (Fsp3) is 0.435. The van der Waals surface area contributed by atoms with E-state index in [4.69, 9.17) is 4.74 Å². The fourth-order valence-corrected chi connectivity index (χ4v) is 5.35. The van der Waals surface area contributed by atoms with Crippen LogP contribution < -0.4 is 4.74 Å². The molecule has 0 saturated carbocycles. The second-order valence-corrected chi connectivity index (χ2v) is 9.78. The van der Waals surface area contributed by atoms with Crippen molar-refractivity contribution in [2.45, 2.75) is 59.0 Å². The smallest absolute Gasteiger partial charge is 0.220 e. The second kappa shape index (κ2) is 7.84. The molecule has 5 rings (SSSR count). The van der Waals surface area contributed by atoms with Crippen LogP contribution in [0.2, 0.25) is 0 Å². The summed E-state index contributed by atoms with van der Waals surface area (Å²) in [5.74, 6) is 0.610. The molecule has 2 aliphatic rings. The van der Waals surface area contributed by atoms with Crippen LogP contribution in [0.3, 0.4) is 0 Å². The lowest BCUT2D eigenvalue weighted by molar-refractivity contribution is -0.129. The Hall–Kier alpha value is -2.58. The van der Waals surface area contributed by atoms with Gasteiger partial charge in [0.1, 0.15) is 17.7 Å². The van der Waals surface area contributed by atoms with Gasteiger partial charge in [-0.05, 0) is 37.6 Å². The molecule has 0 aliphatic carbocycles. The zero-order valence-electron chi connectivity index (χ0n) is 17.9. The molecule has 6 nitrogen and oxygen atoms in total. The first kappa shape index (κ1) is 20.3. The molecule has 0 spiro atoms. The fourth-order valence-electron chi connectivity index (χ4n) is 4.52. The number of aryl methyl sites for hydroxylation is 1. The van der Waals surface area contributed by atoms with Gasteiger partial charge in [0.15, 0.2) is 0 Å². The van der Waals surface area contributed by atoms with Gasteiger partial charge in [-0.15, -0.1) is 11.3 Å². The van der Waals surface area contributed by atoms with E-state index in [9.17, 15) is 9.18 Å². The maximum atomic E-state index is 14.7. The summed E-state index contributed by atoms with van der Waals surface area (Å²) in [6.45, 7) is 8.08. The third-order valence-electron chi connectivity index (χ3n) is 6.19. The van der Waals surface area contributed by atoms with Gasteiger partial charge in [0, 0.05) is 44.6 Å². The first-order valence-electron chi connectivity index (χ1n) is 10.6. The molecule has 1 saturated heterocycles. The molecule has 1 amide bonds. The molecule has 0 radical (unpaired) electrons. The summed E-state index contributed by atoms with van der Waals surface area (Å²) >= 11 is 1.52. The van der Waals surface area contributed by atoms with Gasteiger partial charge < -0.3 is 9.64 Å². The number of fused-ring (bicyclic) bond motifs is 2. The van der Waals surface area contributed by atoms with Crippen molar-refractivity contribution in [3.8, 4) is 5.75 Å². The predicted octanol–water partition coefficient (Wildman–Crippen LogP) is 4.04. The number of carbonyl (C=O) groups excluding carboxylic acids is 1. The number of aromatic nitrogens is 2. The number of ether oxygens (including phenoxy) is 1. The number of nitrogens with zero attached hydrogens (tertiary/aromatic N) is 4. The summed E-state index contributed by atoms with van der Waals surface area (Å²) < 4.78 is 21.8. The molecule has 1 fully saturated rings. The van der Waals surface area contributed by atoms with Gasteiger partial charge in [0.05, 0.1) is 33.7 Å². The Morgan fingerprint density at radius 3 is 2.97 bits per heavy atom. The normalized spacial score (nSPS) is 21.1. The molecule has 3 aromatic rings. The van der Waals surface area contributed by atoms with Crippen LogP contribution in [0, 0.1) is 12.7 Å². The van der Waals surface area contributed by atoms with Crippen LogP contribution >= 0.6 is 11.3 Å². The van der Waals surface area contributed by atoms with E-state index in [1.54, 1.807) is 24.1 Å². The van der Waals surface area contributed by atoms with Gasteiger partial charge in [-0.3, -0.25) is 14.7 Å². The molecule has 1 unspecified atom stereocenters. The van der Waals surface area contributed by atoms with Crippen molar-refractivity contribution in [1.29, 1.82) is 0 Å². The summed E-state index contributed by atoms with van der Waals surface area (Å²) in [6.07, 6.45) is 2.64. The van der Waals surface area contributed by atoms with Crippen LogP contribution in [-0.4, -0.2) is 44.4 Å². The summed E-state index contributed by atoms with van der Waals surface area (Å²) in [6, 6.07) is 5.76. The Kier molecular flexibility index (Phi) is 5.14. The van der Waals surface area contributed by atoms with E-state index < -0.39 is 0 Å². The van der Waals surface area contributed by atoms with Gasteiger partial charge in [-0.25, -0.2) is 9.37 Å². The van der Waals surface area contributed by atoms with E-state index in [0.29, 0.717) is 25.2 Å². The van der Waals surface area contributed by atoms with Crippen molar-refractivity contribution in [3.63, 3.8) is 0 Å². The largest absolute Gasteiger partial charge is 0.487 e. The highest BCUT2D eigenvalue weighted by Crippen LogP contribution is 2.30. The van der Waals surface area contributed by atoms with Crippen molar-refractivity contribution in [3.05, 3.63) is 52.0 Å². The zero-order valence-corrected chi connectivity index (χ0v) is 18.7. The number of pyridine rings is 1. The number of thiazole rings is 1. The highest BCUT2D eigenvalue weighted by molar-refractivity contribution is 7.18. The van der Waals surface area contributed by atoms with E-state index in [-0.39, 0.29) is 23.9 Å². The summed E-state index contributed by atoms with van der Waals surface area (Å²) in [4.78, 5) is 24.7. The maximum absolute atomic E-state index is 14.7. The standard InChI is InChI=1S/C23H25FN4O2S/c1-13-4-19(30-18-5-17-10-28(15(3)29)12-22(17)25-8-18)11-27(13)9-16-6-21-23(7-20(16)24)31-14(2)26-21/h5-8,13,19H,4,9-12H2,1-3H3/t13-,19?/m0/s1. The lowest BCUT2D eigenvalue weighted by Gasteiger charge is -2.21. The molecule has 162 valence electrons. The third-order valence-corrected chi connectivity index (χ3v) is 7.12. The molecule has 0 bridgehead atoms. The quantitative estimate of drug-likeness (QED) is 0.613. The van der Waals surface area contributed by atoms with Crippen molar-refractivity contribution < 1.29 is 13.9 Å². The Morgan fingerprint density at radius 1 is 1.32 bits per heavy atom. The molecule has 31 heavy (non-hydrogen) atoms. The number of carbonyl (C=O) groups is 1. The highest BCUT2D eigenvalue weighted by Gasteiger charge is 2.31. The van der Waals surface area contributed by atoms with E-state index in [1.165, 1.54) is 11.3 Å². The minimum Gasteiger partial charge on any atom is -0.487 e. The topological polar surface area (TPSA) is 58.6 Å². The Morgan fingerprint density at radius 2 is 2.16 bits per heavy atom. The number of halogens is 1. The molecule has 2 aliphatic heterocycles. The Balaban J connectivity index is 1.26. The third kappa shape index (κ3) is 4.02. The van der Waals surface area contributed by atoms with Crippen molar-refractivity contribution in [2.75, 3.05) is 6.54 Å². The molecular formula is C23H25FN4O2S. The predicted molar refractivity (Wildman–Crippen MR) is 117 cm³/mol. The van der Waals surface area contributed by atoms with Crippen LogP contribution in [0.1, 0.15) is 42.1 Å². The molecule has 0 N–H and O–H groups in total. The number of benzene rings is 1. The van der Waals surface area contributed by atoms with Gasteiger partial charge >= 0.3 is 0 Å². The molecule has 8 heteroatoms. The molecule has 1 aromatic carbocycles. The number of rotatable bonds is 4.